The highest BCUT2D eigenvalue weighted by molar-refractivity contribution is 7.89. The minimum absolute atomic E-state index is 0.0349. The Hall–Kier alpha value is -2.09. The summed E-state index contributed by atoms with van der Waals surface area (Å²) in [6.07, 6.45) is 0.894. The Balaban J connectivity index is 2.20. The van der Waals surface area contributed by atoms with Gasteiger partial charge in [0, 0.05) is 14.1 Å². The predicted molar refractivity (Wildman–Crippen MR) is 99.5 cm³/mol. The highest BCUT2D eigenvalue weighted by Crippen LogP contribution is 2.26. The molecule has 2 aromatic rings. The van der Waals surface area contributed by atoms with Crippen molar-refractivity contribution in [3.63, 3.8) is 0 Å². The smallest absolute Gasteiger partial charge is 0.343 e. The zero-order valence-corrected chi connectivity index (χ0v) is 16.3. The Labute approximate surface area is 158 Å². The molecule has 0 unspecified atom stereocenters. The average Bonchev–Trinajstić information content (AvgIpc) is 2.61. The van der Waals surface area contributed by atoms with Crippen LogP contribution in [0.5, 0.6) is 11.5 Å². The van der Waals surface area contributed by atoms with Gasteiger partial charge in [0.1, 0.15) is 16.4 Å². The lowest BCUT2D eigenvalue weighted by Gasteiger charge is -2.13. The van der Waals surface area contributed by atoms with Crippen LogP contribution in [0.3, 0.4) is 0 Å². The normalized spacial score (nSPS) is 11.4. The van der Waals surface area contributed by atoms with E-state index in [1.807, 2.05) is 6.92 Å². The van der Waals surface area contributed by atoms with E-state index in [0.717, 1.165) is 10.7 Å². The Kier molecular flexibility index (Phi) is 6.63. The van der Waals surface area contributed by atoms with Gasteiger partial charge in [0.25, 0.3) is 0 Å². The number of hydrogen-bond acceptors (Lipinski definition) is 5. The van der Waals surface area contributed by atoms with Crippen molar-refractivity contribution < 1.29 is 22.7 Å². The first kappa shape index (κ1) is 20.2. The molecule has 0 bridgehead atoms. The van der Waals surface area contributed by atoms with Crippen molar-refractivity contribution in [3.8, 4) is 11.5 Å². The molecule has 0 heterocycles. The van der Waals surface area contributed by atoms with Crippen LogP contribution in [0, 0.1) is 0 Å². The molecule has 0 radical (unpaired) electrons. The first-order chi connectivity index (χ1) is 12.3. The minimum Gasteiger partial charge on any atom is -0.494 e. The molecule has 6 nitrogen and oxygen atoms in total. The molecule has 0 saturated carbocycles. The van der Waals surface area contributed by atoms with Crippen molar-refractivity contribution >= 4 is 27.6 Å². The highest BCUT2D eigenvalue weighted by Gasteiger charge is 2.23. The van der Waals surface area contributed by atoms with Crippen molar-refractivity contribution in [3.05, 3.63) is 53.1 Å². The first-order valence-electron chi connectivity index (χ1n) is 7.93. The van der Waals surface area contributed by atoms with Crippen LogP contribution in [0.15, 0.2) is 47.4 Å². The number of rotatable bonds is 7. The third-order valence-electron chi connectivity index (χ3n) is 3.43. The molecule has 0 spiro atoms. The van der Waals surface area contributed by atoms with E-state index in [1.54, 1.807) is 24.3 Å². The Morgan fingerprint density at radius 3 is 2.27 bits per heavy atom. The summed E-state index contributed by atoms with van der Waals surface area (Å²) in [5, 5.41) is 0.0349. The third kappa shape index (κ3) is 4.75. The van der Waals surface area contributed by atoms with Gasteiger partial charge in [0.15, 0.2) is 0 Å². The summed E-state index contributed by atoms with van der Waals surface area (Å²) in [6, 6.07) is 10.6. The lowest BCUT2D eigenvalue weighted by molar-refractivity contribution is 0.0734. The van der Waals surface area contributed by atoms with Crippen LogP contribution < -0.4 is 9.47 Å². The number of hydrogen-bond donors (Lipinski definition) is 0. The topological polar surface area (TPSA) is 72.9 Å². The lowest BCUT2D eigenvalue weighted by Crippen LogP contribution is -2.23. The fourth-order valence-corrected chi connectivity index (χ4v) is 3.41. The summed E-state index contributed by atoms with van der Waals surface area (Å²) in [5.74, 6) is 0.322. The van der Waals surface area contributed by atoms with Crippen molar-refractivity contribution in [1.82, 2.24) is 4.31 Å². The number of nitrogens with zero attached hydrogens (tertiary/aromatic N) is 1. The van der Waals surface area contributed by atoms with E-state index < -0.39 is 16.0 Å². The van der Waals surface area contributed by atoms with E-state index in [2.05, 4.69) is 0 Å². The number of benzene rings is 2. The van der Waals surface area contributed by atoms with E-state index >= 15 is 0 Å². The molecule has 0 atom stereocenters. The molecule has 0 aliphatic rings. The van der Waals surface area contributed by atoms with Crippen LogP contribution in [0.2, 0.25) is 5.02 Å². The van der Waals surface area contributed by atoms with Gasteiger partial charge in [-0.3, -0.25) is 0 Å². The standard InChI is InChI=1S/C18H20ClNO5S/c1-4-11-24-14-6-8-15(9-7-14)25-18(21)13-5-10-16(19)17(12-13)26(22,23)20(2)3/h5-10,12H,4,11H2,1-3H3. The molecular formula is C18H20ClNO5S. The molecule has 26 heavy (non-hydrogen) atoms. The molecule has 0 aromatic heterocycles. The van der Waals surface area contributed by atoms with E-state index in [-0.39, 0.29) is 15.5 Å². The van der Waals surface area contributed by atoms with E-state index in [9.17, 15) is 13.2 Å². The maximum absolute atomic E-state index is 12.3. The summed E-state index contributed by atoms with van der Waals surface area (Å²) in [5.41, 5.74) is 0.0844. The molecule has 2 rings (SSSR count). The molecule has 0 N–H and O–H groups in total. The number of ether oxygens (including phenoxy) is 2. The van der Waals surface area contributed by atoms with Crippen LogP contribution in [0.25, 0.3) is 0 Å². The van der Waals surface area contributed by atoms with Gasteiger partial charge >= 0.3 is 5.97 Å². The van der Waals surface area contributed by atoms with Gasteiger partial charge in [-0.25, -0.2) is 17.5 Å². The number of halogens is 1. The quantitative estimate of drug-likeness (QED) is 0.527. The molecule has 0 aliphatic heterocycles. The Bertz CT molecular complexity index is 879. The molecule has 0 fully saturated rings. The number of carbonyl (C=O) groups is 1. The number of carbonyl (C=O) groups excluding carboxylic acids is 1. The van der Waals surface area contributed by atoms with Gasteiger partial charge in [-0.05, 0) is 48.9 Å². The molecule has 0 aliphatic carbocycles. The zero-order chi connectivity index (χ0) is 19.3. The molecule has 2 aromatic carbocycles. The molecule has 0 saturated heterocycles. The summed E-state index contributed by atoms with van der Waals surface area (Å²) < 4.78 is 36.3. The van der Waals surface area contributed by atoms with E-state index in [1.165, 1.54) is 32.3 Å². The van der Waals surface area contributed by atoms with E-state index in [0.29, 0.717) is 18.1 Å². The Morgan fingerprint density at radius 1 is 1.08 bits per heavy atom. The van der Waals surface area contributed by atoms with Gasteiger partial charge in [-0.15, -0.1) is 0 Å². The molecular weight excluding hydrogens is 378 g/mol. The van der Waals surface area contributed by atoms with E-state index in [4.69, 9.17) is 21.1 Å². The fourth-order valence-electron chi connectivity index (χ4n) is 2.01. The molecule has 8 heteroatoms. The first-order valence-corrected chi connectivity index (χ1v) is 9.74. The van der Waals surface area contributed by atoms with Crippen LogP contribution >= 0.6 is 11.6 Å². The Morgan fingerprint density at radius 2 is 1.69 bits per heavy atom. The van der Waals surface area contributed by atoms with Crippen LogP contribution in [-0.4, -0.2) is 39.4 Å². The predicted octanol–water partition coefficient (Wildman–Crippen LogP) is 3.60. The zero-order valence-electron chi connectivity index (χ0n) is 14.7. The number of esters is 1. The van der Waals surface area contributed by atoms with Gasteiger partial charge in [-0.1, -0.05) is 18.5 Å². The van der Waals surface area contributed by atoms with Crippen molar-refractivity contribution in [1.29, 1.82) is 0 Å². The maximum Gasteiger partial charge on any atom is 0.343 e. The molecule has 140 valence electrons. The lowest BCUT2D eigenvalue weighted by atomic mass is 10.2. The monoisotopic (exact) mass is 397 g/mol. The van der Waals surface area contributed by atoms with Crippen LogP contribution in [0.1, 0.15) is 23.7 Å². The summed E-state index contributed by atoms with van der Waals surface area (Å²) in [4.78, 5) is 12.2. The van der Waals surface area contributed by atoms with Crippen LogP contribution in [0.4, 0.5) is 0 Å². The van der Waals surface area contributed by atoms with Gasteiger partial charge in [0.2, 0.25) is 10.0 Å². The van der Waals surface area contributed by atoms with Gasteiger partial charge in [-0.2, -0.15) is 0 Å². The average molecular weight is 398 g/mol. The van der Waals surface area contributed by atoms with Gasteiger partial charge < -0.3 is 9.47 Å². The van der Waals surface area contributed by atoms with Gasteiger partial charge in [0.05, 0.1) is 17.2 Å². The second-order valence-corrected chi connectivity index (χ2v) is 8.17. The molecule has 0 amide bonds. The summed E-state index contributed by atoms with van der Waals surface area (Å²) >= 11 is 5.98. The second kappa shape index (κ2) is 8.53. The van der Waals surface area contributed by atoms with Crippen molar-refractivity contribution in [2.24, 2.45) is 0 Å². The van der Waals surface area contributed by atoms with Crippen molar-refractivity contribution in [2.45, 2.75) is 18.2 Å². The third-order valence-corrected chi connectivity index (χ3v) is 5.73. The number of sulfonamides is 1. The van der Waals surface area contributed by atoms with Crippen molar-refractivity contribution in [2.75, 3.05) is 20.7 Å². The highest BCUT2D eigenvalue weighted by atomic mass is 35.5. The summed E-state index contributed by atoms with van der Waals surface area (Å²) in [7, 11) is -0.998. The second-order valence-electron chi connectivity index (χ2n) is 5.64. The minimum atomic E-state index is -3.77. The largest absolute Gasteiger partial charge is 0.494 e. The van der Waals surface area contributed by atoms with Crippen LogP contribution in [-0.2, 0) is 10.0 Å². The SMILES string of the molecule is CCCOc1ccc(OC(=O)c2ccc(Cl)c(S(=O)(=O)N(C)C)c2)cc1. The maximum atomic E-state index is 12.3. The fraction of sp³-hybridized carbons (Fsp3) is 0.278. The summed E-state index contributed by atoms with van der Waals surface area (Å²) in [6.45, 7) is 2.61.